The molecule has 1 aliphatic rings. The topological polar surface area (TPSA) is 18.5 Å². The van der Waals surface area contributed by atoms with Crippen LogP contribution >= 0.6 is 0 Å². The molecular formula is C32H50GeO2. The summed E-state index contributed by atoms with van der Waals surface area (Å²) in [5, 5.41) is 0. The van der Waals surface area contributed by atoms with Crippen LogP contribution in [0.25, 0.3) is 0 Å². The van der Waals surface area contributed by atoms with Crippen molar-refractivity contribution in [2.45, 2.75) is 124 Å². The SMILES string of the molecule is COCc1cc(C(C)(C)C)cc(C(C)(C)C)[c]1[Ge]1([CH3])[O]Cc2cc(C(C)(C)C)cc(C(C)(C)C)[c]21. The number of ether oxygens (including phenoxy) is 1. The van der Waals surface area contributed by atoms with Gasteiger partial charge in [0.2, 0.25) is 0 Å². The van der Waals surface area contributed by atoms with Crippen LogP contribution in [0.4, 0.5) is 0 Å². The molecule has 0 aliphatic carbocycles. The molecule has 0 amide bonds. The van der Waals surface area contributed by atoms with Crippen LogP contribution in [-0.2, 0) is 43.4 Å². The zero-order valence-corrected chi connectivity index (χ0v) is 27.1. The standard InChI is InChI=1S/C32H50GeO2/c1-29(2,3)23-15-21(19-34-14)27(25(17-23)31(7,8)9)33(13)28-22(20-35-33)16-24(30(4,5)6)18-26(28)32(10,11)12/h15-18H,19-20H2,1-14H3. The van der Waals surface area contributed by atoms with E-state index in [-0.39, 0.29) is 21.7 Å². The zero-order valence-electron chi connectivity index (χ0n) is 25.0. The van der Waals surface area contributed by atoms with Crippen molar-refractivity contribution >= 4 is 22.4 Å². The van der Waals surface area contributed by atoms with E-state index in [1.807, 2.05) is 7.11 Å². The maximum atomic E-state index is 7.08. The first-order chi connectivity index (χ1) is 15.7. The molecule has 0 N–H and O–H groups in total. The molecule has 0 saturated carbocycles. The number of fused-ring (bicyclic) bond motifs is 1. The molecule has 2 aromatic rings. The predicted octanol–water partition coefficient (Wildman–Crippen LogP) is 7.24. The first-order valence-electron chi connectivity index (χ1n) is 13.2. The summed E-state index contributed by atoms with van der Waals surface area (Å²) < 4.78 is 15.9. The molecule has 0 fully saturated rings. The number of methoxy groups -OCH3 is 1. The minimum atomic E-state index is -3.21. The summed E-state index contributed by atoms with van der Waals surface area (Å²) in [5.74, 6) is 2.48. The molecule has 35 heavy (non-hydrogen) atoms. The van der Waals surface area contributed by atoms with Crippen molar-refractivity contribution in [3.05, 3.63) is 57.6 Å². The van der Waals surface area contributed by atoms with Crippen molar-refractivity contribution in [2.75, 3.05) is 7.11 Å². The van der Waals surface area contributed by atoms with Crippen LogP contribution < -0.4 is 8.79 Å². The van der Waals surface area contributed by atoms with Gasteiger partial charge in [0, 0.05) is 0 Å². The Kier molecular flexibility index (Phi) is 7.35. The van der Waals surface area contributed by atoms with E-state index in [0.29, 0.717) is 6.61 Å². The Morgan fingerprint density at radius 3 is 1.57 bits per heavy atom. The molecule has 194 valence electrons. The summed E-state index contributed by atoms with van der Waals surface area (Å²) in [6.45, 7) is 29.3. The first kappa shape index (κ1) is 28.5. The van der Waals surface area contributed by atoms with Crippen LogP contribution in [0.3, 0.4) is 0 Å². The summed E-state index contributed by atoms with van der Waals surface area (Å²) in [7, 11) is 1.82. The Morgan fingerprint density at radius 1 is 0.686 bits per heavy atom. The fourth-order valence-corrected chi connectivity index (χ4v) is 14.7. The van der Waals surface area contributed by atoms with Gasteiger partial charge in [0.05, 0.1) is 0 Å². The van der Waals surface area contributed by atoms with Crippen molar-refractivity contribution in [1.82, 2.24) is 0 Å². The second-order valence-corrected chi connectivity index (χ2v) is 21.9. The Labute approximate surface area is 218 Å². The summed E-state index contributed by atoms with van der Waals surface area (Å²) in [4.78, 5) is 0. The molecule has 3 heteroatoms. The van der Waals surface area contributed by atoms with Gasteiger partial charge in [-0.15, -0.1) is 0 Å². The zero-order chi connectivity index (χ0) is 26.8. The van der Waals surface area contributed by atoms with Crippen molar-refractivity contribution < 1.29 is 8.50 Å². The molecule has 1 aliphatic heterocycles. The fraction of sp³-hybridized carbons (Fsp3) is 0.625. The summed E-state index contributed by atoms with van der Waals surface area (Å²) >= 11 is -3.21. The van der Waals surface area contributed by atoms with Gasteiger partial charge in [-0.3, -0.25) is 0 Å². The average molecular weight is 539 g/mol. The van der Waals surface area contributed by atoms with E-state index in [1.54, 1.807) is 0 Å². The van der Waals surface area contributed by atoms with Crippen molar-refractivity contribution in [3.63, 3.8) is 0 Å². The average Bonchev–Trinajstić information content (AvgIpc) is 3.02. The predicted molar refractivity (Wildman–Crippen MR) is 154 cm³/mol. The summed E-state index contributed by atoms with van der Waals surface area (Å²) in [5.41, 5.74) is 8.65. The fourth-order valence-electron chi connectivity index (χ4n) is 5.45. The Morgan fingerprint density at radius 2 is 1.14 bits per heavy atom. The second-order valence-electron chi connectivity index (χ2n) is 14.9. The van der Waals surface area contributed by atoms with Gasteiger partial charge in [0.15, 0.2) is 0 Å². The van der Waals surface area contributed by atoms with E-state index in [9.17, 15) is 0 Å². The monoisotopic (exact) mass is 540 g/mol. The second kappa shape index (κ2) is 9.03. The molecule has 0 radical (unpaired) electrons. The van der Waals surface area contributed by atoms with Crippen molar-refractivity contribution in [1.29, 1.82) is 0 Å². The molecule has 1 unspecified atom stereocenters. The quantitative estimate of drug-likeness (QED) is 0.383. The van der Waals surface area contributed by atoms with Gasteiger partial charge < -0.3 is 0 Å². The summed E-state index contributed by atoms with van der Waals surface area (Å²) in [6, 6.07) is 9.82. The van der Waals surface area contributed by atoms with Crippen LogP contribution in [-0.4, -0.2) is 20.7 Å². The first-order valence-corrected chi connectivity index (χ1v) is 18.3. The Hall–Kier alpha value is -1.10. The summed E-state index contributed by atoms with van der Waals surface area (Å²) in [6.07, 6.45) is 0. The van der Waals surface area contributed by atoms with Gasteiger partial charge in [-0.1, -0.05) is 0 Å². The minimum absolute atomic E-state index is 0.00665. The van der Waals surface area contributed by atoms with E-state index < -0.39 is 13.6 Å². The molecule has 3 rings (SSSR count). The van der Waals surface area contributed by atoms with Crippen LogP contribution in [0.2, 0.25) is 5.76 Å². The van der Waals surface area contributed by atoms with Gasteiger partial charge >= 0.3 is 219 Å². The number of rotatable bonds is 3. The van der Waals surface area contributed by atoms with Crippen LogP contribution in [0.5, 0.6) is 0 Å². The maximum absolute atomic E-state index is 7.08. The van der Waals surface area contributed by atoms with Crippen molar-refractivity contribution in [2.24, 2.45) is 0 Å². The third-order valence-corrected chi connectivity index (χ3v) is 15.6. The third-order valence-electron chi connectivity index (χ3n) is 7.56. The van der Waals surface area contributed by atoms with Gasteiger partial charge in [-0.2, -0.15) is 0 Å². The van der Waals surface area contributed by atoms with Crippen LogP contribution in [0.15, 0.2) is 24.3 Å². The van der Waals surface area contributed by atoms with E-state index in [1.165, 1.54) is 42.2 Å². The van der Waals surface area contributed by atoms with Crippen LogP contribution in [0.1, 0.15) is 116 Å². The number of hydrogen-bond acceptors (Lipinski definition) is 2. The van der Waals surface area contributed by atoms with E-state index in [0.717, 1.165) is 6.61 Å². The molecule has 1 heterocycles. The number of hydrogen-bond donors (Lipinski definition) is 0. The number of benzene rings is 2. The Bertz CT molecular complexity index is 1100. The Balaban J connectivity index is 2.46. The third kappa shape index (κ3) is 5.45. The van der Waals surface area contributed by atoms with Gasteiger partial charge in [0.1, 0.15) is 0 Å². The van der Waals surface area contributed by atoms with Crippen LogP contribution in [0, 0.1) is 0 Å². The van der Waals surface area contributed by atoms with E-state index in [4.69, 9.17) is 8.50 Å². The normalized spacial score (nSPS) is 19.3. The van der Waals surface area contributed by atoms with Crippen molar-refractivity contribution in [3.8, 4) is 0 Å². The molecule has 2 nitrogen and oxygen atoms in total. The molecule has 0 aromatic heterocycles. The van der Waals surface area contributed by atoms with Gasteiger partial charge in [-0.05, 0) is 0 Å². The van der Waals surface area contributed by atoms with Gasteiger partial charge in [-0.25, -0.2) is 0 Å². The molecule has 1 atom stereocenters. The van der Waals surface area contributed by atoms with E-state index in [2.05, 4.69) is 113 Å². The molecular weight excluding hydrogens is 489 g/mol. The molecule has 0 spiro atoms. The molecule has 0 bridgehead atoms. The molecule has 0 saturated heterocycles. The van der Waals surface area contributed by atoms with Gasteiger partial charge in [0.25, 0.3) is 0 Å². The molecule has 2 aromatic carbocycles. The van der Waals surface area contributed by atoms with E-state index >= 15 is 0 Å².